The third kappa shape index (κ3) is 2.16. The lowest BCUT2D eigenvalue weighted by Crippen LogP contribution is -2.22. The van der Waals surface area contributed by atoms with Gasteiger partial charge in [-0.2, -0.15) is 0 Å². The summed E-state index contributed by atoms with van der Waals surface area (Å²) >= 11 is 5.09. The molecule has 0 bridgehead atoms. The predicted octanol–water partition coefficient (Wildman–Crippen LogP) is 2.30. The highest BCUT2D eigenvalue weighted by atomic mass is 32.1. The fourth-order valence-electron chi connectivity index (χ4n) is 1.88. The standard InChI is InChI=1S/C12H17N3S/c1-7-6-9(15-12(3)4-5-12)10(11(13)16)8(2)14-7/h6H,4-5H2,1-3H3,(H2,13,16)(H,14,15). The van der Waals surface area contributed by atoms with E-state index in [2.05, 4.69) is 17.2 Å². The summed E-state index contributed by atoms with van der Waals surface area (Å²) in [7, 11) is 0. The summed E-state index contributed by atoms with van der Waals surface area (Å²) in [4.78, 5) is 4.81. The molecule has 0 unspecified atom stereocenters. The Morgan fingerprint density at radius 1 is 1.50 bits per heavy atom. The summed E-state index contributed by atoms with van der Waals surface area (Å²) in [5.74, 6) is 0. The summed E-state index contributed by atoms with van der Waals surface area (Å²) in [5, 5.41) is 3.52. The van der Waals surface area contributed by atoms with Gasteiger partial charge in [0.05, 0.1) is 5.56 Å². The van der Waals surface area contributed by atoms with Crippen LogP contribution in [0.3, 0.4) is 0 Å². The molecule has 1 saturated carbocycles. The van der Waals surface area contributed by atoms with Gasteiger partial charge in [0.15, 0.2) is 0 Å². The zero-order chi connectivity index (χ0) is 11.9. The number of aryl methyl sites for hydroxylation is 2. The molecule has 86 valence electrons. The molecule has 1 heterocycles. The molecule has 4 heteroatoms. The van der Waals surface area contributed by atoms with E-state index in [1.165, 1.54) is 12.8 Å². The van der Waals surface area contributed by atoms with Gasteiger partial charge in [0, 0.05) is 22.6 Å². The number of hydrogen-bond donors (Lipinski definition) is 2. The molecule has 1 aromatic rings. The number of aromatic nitrogens is 1. The Balaban J connectivity index is 2.44. The minimum absolute atomic E-state index is 0.222. The molecule has 0 radical (unpaired) electrons. The van der Waals surface area contributed by atoms with Crippen molar-refractivity contribution in [1.82, 2.24) is 4.98 Å². The van der Waals surface area contributed by atoms with Crippen molar-refractivity contribution < 1.29 is 0 Å². The minimum atomic E-state index is 0.222. The maximum absolute atomic E-state index is 5.76. The Morgan fingerprint density at radius 2 is 2.12 bits per heavy atom. The lowest BCUT2D eigenvalue weighted by atomic mass is 10.1. The fraction of sp³-hybridized carbons (Fsp3) is 0.500. The van der Waals surface area contributed by atoms with Crippen LogP contribution in [0, 0.1) is 13.8 Å². The number of anilines is 1. The number of rotatable bonds is 3. The quantitative estimate of drug-likeness (QED) is 0.789. The minimum Gasteiger partial charge on any atom is -0.389 e. The maximum Gasteiger partial charge on any atom is 0.107 e. The molecule has 3 N–H and O–H groups in total. The van der Waals surface area contributed by atoms with Crippen molar-refractivity contribution in [2.75, 3.05) is 5.32 Å². The van der Waals surface area contributed by atoms with Crippen molar-refractivity contribution in [2.24, 2.45) is 5.73 Å². The molecule has 1 aliphatic rings. The molecule has 1 fully saturated rings. The summed E-state index contributed by atoms with van der Waals surface area (Å²) in [6, 6.07) is 2.02. The predicted molar refractivity (Wildman–Crippen MR) is 70.9 cm³/mol. The van der Waals surface area contributed by atoms with Crippen LogP contribution in [-0.2, 0) is 0 Å². The molecule has 0 amide bonds. The summed E-state index contributed by atoms with van der Waals surface area (Å²) in [5.41, 5.74) is 9.78. The van der Waals surface area contributed by atoms with Crippen molar-refractivity contribution >= 4 is 22.9 Å². The highest BCUT2D eigenvalue weighted by Gasteiger charge is 2.37. The molecule has 1 aliphatic carbocycles. The van der Waals surface area contributed by atoms with E-state index in [1.807, 2.05) is 19.9 Å². The average molecular weight is 235 g/mol. The van der Waals surface area contributed by atoms with Crippen LogP contribution in [0.4, 0.5) is 5.69 Å². The van der Waals surface area contributed by atoms with Crippen LogP contribution in [0.2, 0.25) is 0 Å². The van der Waals surface area contributed by atoms with Crippen molar-refractivity contribution in [3.05, 3.63) is 23.0 Å². The number of nitrogens with one attached hydrogen (secondary N) is 1. The van der Waals surface area contributed by atoms with Crippen molar-refractivity contribution in [3.8, 4) is 0 Å². The van der Waals surface area contributed by atoms with Gasteiger partial charge in [0.1, 0.15) is 4.99 Å². The van der Waals surface area contributed by atoms with E-state index in [0.717, 1.165) is 22.6 Å². The summed E-state index contributed by atoms with van der Waals surface area (Å²) < 4.78 is 0. The Labute approximate surface area is 101 Å². The first-order valence-corrected chi connectivity index (χ1v) is 5.88. The van der Waals surface area contributed by atoms with Gasteiger partial charge in [0.25, 0.3) is 0 Å². The topological polar surface area (TPSA) is 50.9 Å². The van der Waals surface area contributed by atoms with Crippen LogP contribution >= 0.6 is 12.2 Å². The molecule has 16 heavy (non-hydrogen) atoms. The Morgan fingerprint density at radius 3 is 2.62 bits per heavy atom. The first-order chi connectivity index (χ1) is 7.41. The van der Waals surface area contributed by atoms with Crippen LogP contribution in [0.1, 0.15) is 36.7 Å². The van der Waals surface area contributed by atoms with Crippen LogP contribution in [0.25, 0.3) is 0 Å². The third-order valence-corrected chi connectivity index (χ3v) is 3.22. The van der Waals surface area contributed by atoms with Crippen molar-refractivity contribution in [2.45, 2.75) is 39.2 Å². The Kier molecular flexibility index (Phi) is 2.62. The SMILES string of the molecule is Cc1cc(NC2(C)CC2)c(C(N)=S)c(C)n1. The summed E-state index contributed by atoms with van der Waals surface area (Å²) in [6.45, 7) is 6.14. The second-order valence-electron chi connectivity index (χ2n) is 4.82. The van der Waals surface area contributed by atoms with Crippen LogP contribution in [0.15, 0.2) is 6.07 Å². The highest BCUT2D eigenvalue weighted by molar-refractivity contribution is 7.80. The largest absolute Gasteiger partial charge is 0.389 e. The van der Waals surface area contributed by atoms with E-state index in [9.17, 15) is 0 Å². The van der Waals surface area contributed by atoms with Crippen molar-refractivity contribution in [1.29, 1.82) is 0 Å². The van der Waals surface area contributed by atoms with E-state index in [-0.39, 0.29) is 5.54 Å². The summed E-state index contributed by atoms with van der Waals surface area (Å²) in [6.07, 6.45) is 2.40. The van der Waals surface area contributed by atoms with Gasteiger partial charge in [-0.3, -0.25) is 4.98 Å². The smallest absolute Gasteiger partial charge is 0.107 e. The first kappa shape index (κ1) is 11.3. The normalized spacial score (nSPS) is 16.9. The molecule has 0 aliphatic heterocycles. The van der Waals surface area contributed by atoms with E-state index in [0.29, 0.717) is 4.99 Å². The van der Waals surface area contributed by atoms with Gasteiger partial charge in [-0.25, -0.2) is 0 Å². The lowest BCUT2D eigenvalue weighted by molar-refractivity contribution is 0.827. The van der Waals surface area contributed by atoms with Gasteiger partial charge in [-0.1, -0.05) is 12.2 Å². The van der Waals surface area contributed by atoms with Gasteiger partial charge in [-0.05, 0) is 39.7 Å². The monoisotopic (exact) mass is 235 g/mol. The fourth-order valence-corrected chi connectivity index (χ4v) is 2.13. The number of thiocarbonyl (C=S) groups is 1. The van der Waals surface area contributed by atoms with E-state index < -0.39 is 0 Å². The Bertz CT molecular complexity index is 450. The molecular weight excluding hydrogens is 218 g/mol. The third-order valence-electron chi connectivity index (χ3n) is 3.01. The first-order valence-electron chi connectivity index (χ1n) is 5.47. The number of nitrogens with two attached hydrogens (primary N) is 1. The van der Waals surface area contributed by atoms with Crippen LogP contribution < -0.4 is 11.1 Å². The van der Waals surface area contributed by atoms with Crippen LogP contribution in [-0.4, -0.2) is 15.5 Å². The molecule has 1 aromatic heterocycles. The molecule has 0 spiro atoms. The van der Waals surface area contributed by atoms with E-state index >= 15 is 0 Å². The van der Waals surface area contributed by atoms with Gasteiger partial charge >= 0.3 is 0 Å². The second-order valence-corrected chi connectivity index (χ2v) is 5.26. The zero-order valence-electron chi connectivity index (χ0n) is 9.92. The average Bonchev–Trinajstić information content (AvgIpc) is 2.80. The number of hydrogen-bond acceptors (Lipinski definition) is 3. The highest BCUT2D eigenvalue weighted by Crippen LogP contribution is 2.39. The van der Waals surface area contributed by atoms with Crippen LogP contribution in [0.5, 0.6) is 0 Å². The molecule has 0 atom stereocenters. The molecule has 0 saturated heterocycles. The number of nitrogens with zero attached hydrogens (tertiary/aromatic N) is 1. The molecule has 3 nitrogen and oxygen atoms in total. The maximum atomic E-state index is 5.76. The molecule has 2 rings (SSSR count). The van der Waals surface area contributed by atoms with Gasteiger partial charge in [-0.15, -0.1) is 0 Å². The molecule has 0 aromatic carbocycles. The van der Waals surface area contributed by atoms with Gasteiger partial charge < -0.3 is 11.1 Å². The number of pyridine rings is 1. The van der Waals surface area contributed by atoms with Gasteiger partial charge in [0.2, 0.25) is 0 Å². The second kappa shape index (κ2) is 3.70. The van der Waals surface area contributed by atoms with E-state index in [1.54, 1.807) is 0 Å². The zero-order valence-corrected chi connectivity index (χ0v) is 10.7. The van der Waals surface area contributed by atoms with Crippen molar-refractivity contribution in [3.63, 3.8) is 0 Å². The molecular formula is C12H17N3S. The Hall–Kier alpha value is -1.16. The van der Waals surface area contributed by atoms with E-state index in [4.69, 9.17) is 18.0 Å². The lowest BCUT2D eigenvalue weighted by Gasteiger charge is -2.18.